The largest absolute Gasteiger partial charge is 0.497 e. The Balaban J connectivity index is 2.06. The van der Waals surface area contributed by atoms with Gasteiger partial charge in [0.25, 0.3) is 5.91 Å². The van der Waals surface area contributed by atoms with E-state index in [-0.39, 0.29) is 5.76 Å². The third kappa shape index (κ3) is 3.19. The molecule has 6 heteroatoms. The zero-order valence-electron chi connectivity index (χ0n) is 13.8. The third-order valence-electron chi connectivity index (χ3n) is 3.91. The van der Waals surface area contributed by atoms with Gasteiger partial charge in [0.15, 0.2) is 11.5 Å². The minimum atomic E-state index is -1.09. The van der Waals surface area contributed by atoms with Crippen LogP contribution in [-0.2, 0) is 9.59 Å². The fourth-order valence-corrected chi connectivity index (χ4v) is 2.60. The molecule has 0 spiro atoms. The monoisotopic (exact) mass is 339 g/mol. The first-order chi connectivity index (χ1) is 12.0. The molecule has 25 heavy (non-hydrogen) atoms. The predicted octanol–water partition coefficient (Wildman–Crippen LogP) is 2.93. The fraction of sp³-hybridized carbons (Fsp3) is 0.158. The molecule has 2 aromatic carbocycles. The summed E-state index contributed by atoms with van der Waals surface area (Å²) in [5.41, 5.74) is 1.15. The molecule has 0 radical (unpaired) electrons. The van der Waals surface area contributed by atoms with Crippen molar-refractivity contribution in [3.8, 4) is 11.5 Å². The second kappa shape index (κ2) is 6.68. The van der Waals surface area contributed by atoms with Crippen molar-refractivity contribution in [3.63, 3.8) is 0 Å². The molecule has 1 heterocycles. The van der Waals surface area contributed by atoms with Crippen LogP contribution in [0.25, 0.3) is 6.08 Å². The van der Waals surface area contributed by atoms with Crippen molar-refractivity contribution in [1.29, 1.82) is 0 Å². The van der Waals surface area contributed by atoms with Crippen LogP contribution in [0.3, 0.4) is 0 Å². The van der Waals surface area contributed by atoms with Gasteiger partial charge in [0.2, 0.25) is 0 Å². The molecule has 0 saturated carbocycles. The average Bonchev–Trinajstić information content (AvgIpc) is 2.62. The molecule has 0 aromatic heterocycles. The lowest BCUT2D eigenvalue weighted by atomic mass is 10.1. The van der Waals surface area contributed by atoms with Gasteiger partial charge in [-0.3, -0.25) is 9.69 Å². The number of carboxylic acids is 1. The maximum Gasteiger partial charge on any atom is 0.326 e. The quantitative estimate of drug-likeness (QED) is 0.867. The maximum atomic E-state index is 12.8. The van der Waals surface area contributed by atoms with Gasteiger partial charge in [0.1, 0.15) is 11.8 Å². The Kier molecular flexibility index (Phi) is 4.43. The number of amides is 1. The minimum absolute atomic E-state index is 0.0556. The van der Waals surface area contributed by atoms with E-state index in [9.17, 15) is 14.7 Å². The van der Waals surface area contributed by atoms with Crippen LogP contribution in [0, 0.1) is 0 Å². The highest BCUT2D eigenvalue weighted by molar-refractivity contribution is 6.12. The van der Waals surface area contributed by atoms with Gasteiger partial charge < -0.3 is 14.6 Å². The van der Waals surface area contributed by atoms with Crippen molar-refractivity contribution in [3.05, 3.63) is 59.9 Å². The summed E-state index contributed by atoms with van der Waals surface area (Å²) < 4.78 is 10.9. The Bertz CT molecular complexity index is 858. The molecule has 1 amide bonds. The summed E-state index contributed by atoms with van der Waals surface area (Å²) in [5, 5.41) is 9.35. The number of para-hydroxylation sites is 2. The molecule has 0 bridgehead atoms. The van der Waals surface area contributed by atoms with E-state index in [4.69, 9.17) is 9.47 Å². The second-order valence-electron chi connectivity index (χ2n) is 5.54. The lowest BCUT2D eigenvalue weighted by Crippen LogP contribution is -2.47. The van der Waals surface area contributed by atoms with E-state index in [2.05, 4.69) is 0 Å². The first kappa shape index (κ1) is 16.6. The van der Waals surface area contributed by atoms with Crippen LogP contribution in [0.5, 0.6) is 11.5 Å². The van der Waals surface area contributed by atoms with Gasteiger partial charge in [-0.1, -0.05) is 24.3 Å². The van der Waals surface area contributed by atoms with Crippen LogP contribution in [-0.4, -0.2) is 30.1 Å². The van der Waals surface area contributed by atoms with Crippen LogP contribution >= 0.6 is 0 Å². The molecule has 128 valence electrons. The predicted molar refractivity (Wildman–Crippen MR) is 92.6 cm³/mol. The molecule has 0 saturated heterocycles. The van der Waals surface area contributed by atoms with E-state index >= 15 is 0 Å². The van der Waals surface area contributed by atoms with Crippen molar-refractivity contribution < 1.29 is 24.2 Å². The molecule has 1 aliphatic rings. The average molecular weight is 339 g/mol. The summed E-state index contributed by atoms with van der Waals surface area (Å²) in [4.78, 5) is 25.5. The lowest BCUT2D eigenvalue weighted by molar-refractivity contribution is -0.139. The minimum Gasteiger partial charge on any atom is -0.497 e. The van der Waals surface area contributed by atoms with Crippen LogP contribution < -0.4 is 14.4 Å². The zero-order chi connectivity index (χ0) is 18.0. The molecule has 1 unspecified atom stereocenters. The molecule has 0 aliphatic carbocycles. The van der Waals surface area contributed by atoms with Crippen LogP contribution in [0.2, 0.25) is 0 Å². The van der Waals surface area contributed by atoms with Crippen molar-refractivity contribution in [2.75, 3.05) is 12.0 Å². The normalized spacial score (nSPS) is 16.2. The number of benzene rings is 2. The van der Waals surface area contributed by atoms with Crippen molar-refractivity contribution in [1.82, 2.24) is 0 Å². The number of carboxylic acid groups (broad SMARTS) is 1. The van der Waals surface area contributed by atoms with Gasteiger partial charge in [0.05, 0.1) is 12.8 Å². The summed E-state index contributed by atoms with van der Waals surface area (Å²) >= 11 is 0. The molecule has 1 atom stereocenters. The number of carbonyl (C=O) groups excluding carboxylic acids is 1. The standard InChI is InChI=1S/C19H17NO5/c1-12(19(22)23)20-15-8-3-4-9-16(15)25-17(18(20)21)11-13-6-5-7-14(10-13)24-2/h3-12H,1-2H3,(H,22,23)/b17-11+. The molecule has 6 nitrogen and oxygen atoms in total. The van der Waals surface area contributed by atoms with Gasteiger partial charge in [-0.15, -0.1) is 0 Å². The number of carbonyl (C=O) groups is 2. The molecular weight excluding hydrogens is 322 g/mol. The Morgan fingerprint density at radius 2 is 2.00 bits per heavy atom. The number of aliphatic carboxylic acids is 1. The molecular formula is C19H17NO5. The van der Waals surface area contributed by atoms with Crippen LogP contribution in [0.4, 0.5) is 5.69 Å². The first-order valence-corrected chi connectivity index (χ1v) is 7.70. The highest BCUT2D eigenvalue weighted by Crippen LogP contribution is 2.37. The van der Waals surface area contributed by atoms with Crippen molar-refractivity contribution in [2.24, 2.45) is 0 Å². The molecule has 1 N–H and O–H groups in total. The number of nitrogens with zero attached hydrogens (tertiary/aromatic N) is 1. The molecule has 1 aliphatic heterocycles. The Hall–Kier alpha value is -3.28. The molecule has 2 aromatic rings. The number of hydrogen-bond donors (Lipinski definition) is 1. The zero-order valence-corrected chi connectivity index (χ0v) is 13.8. The van der Waals surface area contributed by atoms with Gasteiger partial charge in [-0.2, -0.15) is 0 Å². The number of methoxy groups -OCH3 is 1. The van der Waals surface area contributed by atoms with E-state index in [0.29, 0.717) is 22.7 Å². The Morgan fingerprint density at radius 1 is 1.24 bits per heavy atom. The van der Waals surface area contributed by atoms with Crippen LogP contribution in [0.1, 0.15) is 12.5 Å². The van der Waals surface area contributed by atoms with Gasteiger partial charge in [-0.05, 0) is 42.8 Å². The van der Waals surface area contributed by atoms with E-state index in [1.54, 1.807) is 61.7 Å². The summed E-state index contributed by atoms with van der Waals surface area (Å²) in [5.74, 6) is -0.458. The fourth-order valence-electron chi connectivity index (χ4n) is 2.60. The van der Waals surface area contributed by atoms with Crippen LogP contribution in [0.15, 0.2) is 54.3 Å². The number of ether oxygens (including phenoxy) is 2. The van der Waals surface area contributed by atoms with Gasteiger partial charge >= 0.3 is 5.97 Å². The smallest absolute Gasteiger partial charge is 0.326 e. The first-order valence-electron chi connectivity index (χ1n) is 7.70. The maximum absolute atomic E-state index is 12.8. The number of anilines is 1. The van der Waals surface area contributed by atoms with Gasteiger partial charge in [-0.25, -0.2) is 4.79 Å². The number of fused-ring (bicyclic) bond motifs is 1. The Labute approximate surface area is 144 Å². The summed E-state index contributed by atoms with van der Waals surface area (Å²) in [7, 11) is 1.56. The highest BCUT2D eigenvalue weighted by Gasteiger charge is 2.36. The van der Waals surface area contributed by atoms with Gasteiger partial charge in [0, 0.05) is 0 Å². The molecule has 3 rings (SSSR count). The summed E-state index contributed by atoms with van der Waals surface area (Å²) in [6, 6.07) is 13.0. The van der Waals surface area contributed by atoms with E-state index in [1.807, 2.05) is 0 Å². The highest BCUT2D eigenvalue weighted by atomic mass is 16.5. The number of hydrogen-bond acceptors (Lipinski definition) is 4. The summed E-state index contributed by atoms with van der Waals surface area (Å²) in [6.07, 6.45) is 1.57. The second-order valence-corrected chi connectivity index (χ2v) is 5.54. The van der Waals surface area contributed by atoms with Crippen molar-refractivity contribution in [2.45, 2.75) is 13.0 Å². The number of rotatable bonds is 4. The lowest BCUT2D eigenvalue weighted by Gasteiger charge is -2.32. The summed E-state index contributed by atoms with van der Waals surface area (Å²) in [6.45, 7) is 1.46. The SMILES string of the molecule is COc1cccc(/C=C2/Oc3ccccc3N(C(C)C(=O)O)C2=O)c1. The Morgan fingerprint density at radius 3 is 2.72 bits per heavy atom. The van der Waals surface area contributed by atoms with E-state index in [1.165, 1.54) is 11.8 Å². The third-order valence-corrected chi connectivity index (χ3v) is 3.91. The van der Waals surface area contributed by atoms with E-state index in [0.717, 1.165) is 0 Å². The molecule has 0 fully saturated rings. The topological polar surface area (TPSA) is 76.1 Å². The van der Waals surface area contributed by atoms with E-state index < -0.39 is 17.9 Å². The van der Waals surface area contributed by atoms with Crippen molar-refractivity contribution >= 4 is 23.6 Å².